The molecule has 2 rings (SSSR count). The number of rotatable bonds is 2. The minimum atomic E-state index is -0.356. The van der Waals surface area contributed by atoms with Crippen LogP contribution in [0.25, 0.3) is 0 Å². The van der Waals surface area contributed by atoms with E-state index in [0.717, 1.165) is 0 Å². The van der Waals surface area contributed by atoms with Crippen molar-refractivity contribution in [3.8, 4) is 0 Å². The third kappa shape index (κ3) is 2.92. The summed E-state index contributed by atoms with van der Waals surface area (Å²) in [7, 11) is 0. The lowest BCUT2D eigenvalue weighted by molar-refractivity contribution is 0.621. The standard InChI is InChI=1S/C12H8BrF2IN2/c13-7-3-6(14)1-2-11(7)18-12-4-8(15)9(16)5-10(12)17/h1-5,18H,17H2. The Bertz CT molecular complexity index is 605. The van der Waals surface area contributed by atoms with Crippen LogP contribution in [0.4, 0.5) is 25.8 Å². The number of benzene rings is 2. The third-order valence-corrected chi connectivity index (χ3v) is 3.78. The van der Waals surface area contributed by atoms with Crippen LogP contribution in [0.2, 0.25) is 0 Å². The Morgan fingerprint density at radius 3 is 2.50 bits per heavy atom. The van der Waals surface area contributed by atoms with Crippen molar-refractivity contribution in [2.45, 2.75) is 0 Å². The molecule has 3 N–H and O–H groups in total. The van der Waals surface area contributed by atoms with Crippen molar-refractivity contribution in [1.82, 2.24) is 0 Å². The molecule has 6 heteroatoms. The third-order valence-electron chi connectivity index (χ3n) is 2.29. The van der Waals surface area contributed by atoms with Gasteiger partial charge in [-0.15, -0.1) is 0 Å². The zero-order chi connectivity index (χ0) is 13.3. The molecule has 0 saturated heterocycles. The van der Waals surface area contributed by atoms with Crippen LogP contribution < -0.4 is 11.1 Å². The maximum absolute atomic E-state index is 13.5. The van der Waals surface area contributed by atoms with Gasteiger partial charge >= 0.3 is 0 Å². The second kappa shape index (κ2) is 5.40. The summed E-state index contributed by atoms with van der Waals surface area (Å²) in [6.45, 7) is 0. The van der Waals surface area contributed by atoms with Crippen molar-refractivity contribution in [3.05, 3.63) is 50.0 Å². The average Bonchev–Trinajstić information content (AvgIpc) is 2.29. The first-order valence-corrected chi connectivity index (χ1v) is 6.81. The number of halogens is 4. The van der Waals surface area contributed by atoms with Gasteiger partial charge in [0.15, 0.2) is 0 Å². The van der Waals surface area contributed by atoms with Crippen molar-refractivity contribution in [3.63, 3.8) is 0 Å². The first-order valence-electron chi connectivity index (χ1n) is 4.94. The fourth-order valence-electron chi connectivity index (χ4n) is 1.41. The lowest BCUT2D eigenvalue weighted by Gasteiger charge is -2.12. The Kier molecular flexibility index (Phi) is 4.06. The van der Waals surface area contributed by atoms with Gasteiger partial charge in [0, 0.05) is 10.5 Å². The van der Waals surface area contributed by atoms with Gasteiger partial charge in [0.25, 0.3) is 0 Å². The van der Waals surface area contributed by atoms with Gasteiger partial charge in [-0.2, -0.15) is 0 Å². The molecule has 18 heavy (non-hydrogen) atoms. The van der Waals surface area contributed by atoms with Crippen molar-refractivity contribution >= 4 is 55.6 Å². The number of hydrogen-bond donors (Lipinski definition) is 2. The molecule has 2 nitrogen and oxygen atoms in total. The molecular formula is C12H8BrF2IN2. The van der Waals surface area contributed by atoms with Gasteiger partial charge in [0.2, 0.25) is 0 Å². The summed E-state index contributed by atoms with van der Waals surface area (Å²) in [5.41, 5.74) is 7.28. The molecule has 0 unspecified atom stereocenters. The smallest absolute Gasteiger partial charge is 0.138 e. The molecule has 0 aliphatic rings. The number of nitrogen functional groups attached to an aromatic ring is 1. The molecule has 0 atom stereocenters. The fraction of sp³-hybridized carbons (Fsp3) is 0. The summed E-state index contributed by atoms with van der Waals surface area (Å²) in [6.07, 6.45) is 0. The van der Waals surface area contributed by atoms with E-state index in [1.807, 2.05) is 22.6 Å². The second-order valence-electron chi connectivity index (χ2n) is 3.60. The van der Waals surface area contributed by atoms with Crippen LogP contribution in [0.3, 0.4) is 0 Å². The lowest BCUT2D eigenvalue weighted by Crippen LogP contribution is -1.99. The molecule has 0 radical (unpaired) electrons. The van der Waals surface area contributed by atoms with Crippen LogP contribution in [-0.2, 0) is 0 Å². The molecule has 0 aliphatic carbocycles. The molecular weight excluding hydrogens is 417 g/mol. The fourth-order valence-corrected chi connectivity index (χ4v) is 2.35. The van der Waals surface area contributed by atoms with E-state index in [0.29, 0.717) is 25.1 Å². The van der Waals surface area contributed by atoms with Gasteiger partial charge in [-0.1, -0.05) is 0 Å². The molecule has 0 bridgehead atoms. The molecule has 2 aromatic rings. The van der Waals surface area contributed by atoms with Gasteiger partial charge in [0.1, 0.15) is 11.6 Å². The summed E-state index contributed by atoms with van der Waals surface area (Å²) >= 11 is 5.09. The average molecular weight is 425 g/mol. The van der Waals surface area contributed by atoms with Gasteiger partial charge in [-0.3, -0.25) is 0 Å². The number of anilines is 3. The number of nitrogens with two attached hydrogens (primary N) is 1. The second-order valence-corrected chi connectivity index (χ2v) is 5.62. The first-order chi connectivity index (χ1) is 8.47. The predicted molar refractivity (Wildman–Crippen MR) is 80.9 cm³/mol. The summed E-state index contributed by atoms with van der Waals surface area (Å²) < 4.78 is 27.4. The van der Waals surface area contributed by atoms with E-state index >= 15 is 0 Å². The molecule has 0 fully saturated rings. The highest BCUT2D eigenvalue weighted by atomic mass is 127. The Labute approximate surface area is 125 Å². The molecule has 0 aliphatic heterocycles. The molecule has 2 aromatic carbocycles. The molecule has 0 aromatic heterocycles. The number of nitrogens with one attached hydrogen (secondary N) is 1. The Morgan fingerprint density at radius 2 is 1.83 bits per heavy atom. The van der Waals surface area contributed by atoms with Crippen LogP contribution in [0.15, 0.2) is 34.8 Å². The Hall–Kier alpha value is -0.890. The monoisotopic (exact) mass is 424 g/mol. The highest BCUT2D eigenvalue weighted by Gasteiger charge is 2.08. The highest BCUT2D eigenvalue weighted by molar-refractivity contribution is 14.1. The molecule has 0 spiro atoms. The van der Waals surface area contributed by atoms with Crippen LogP contribution in [0.1, 0.15) is 0 Å². The van der Waals surface area contributed by atoms with Crippen molar-refractivity contribution in [2.24, 2.45) is 0 Å². The predicted octanol–water partition coefficient (Wildman–Crippen LogP) is 4.66. The molecule has 94 valence electrons. The van der Waals surface area contributed by atoms with E-state index in [-0.39, 0.29) is 11.6 Å². The quantitative estimate of drug-likeness (QED) is 0.543. The van der Waals surface area contributed by atoms with Gasteiger partial charge < -0.3 is 11.1 Å². The molecule has 0 saturated carbocycles. The SMILES string of the molecule is Nc1cc(I)c(F)cc1Nc1ccc(F)cc1Br. The zero-order valence-electron chi connectivity index (χ0n) is 8.98. The molecule has 0 heterocycles. The van der Waals surface area contributed by atoms with Crippen LogP contribution in [0.5, 0.6) is 0 Å². The maximum atomic E-state index is 13.5. The van der Waals surface area contributed by atoms with Gasteiger partial charge in [-0.05, 0) is 62.8 Å². The van der Waals surface area contributed by atoms with Crippen LogP contribution >= 0.6 is 38.5 Å². The van der Waals surface area contributed by atoms with Crippen molar-refractivity contribution in [2.75, 3.05) is 11.1 Å². The topological polar surface area (TPSA) is 38.0 Å². The summed E-state index contributed by atoms with van der Waals surface area (Å²) in [5.74, 6) is -0.709. The van der Waals surface area contributed by atoms with Crippen molar-refractivity contribution in [1.29, 1.82) is 0 Å². The van der Waals surface area contributed by atoms with E-state index in [1.165, 1.54) is 24.3 Å². The van der Waals surface area contributed by atoms with Gasteiger partial charge in [-0.25, -0.2) is 8.78 Å². The normalized spacial score (nSPS) is 10.4. The van der Waals surface area contributed by atoms with E-state index in [2.05, 4.69) is 21.2 Å². The van der Waals surface area contributed by atoms with E-state index in [9.17, 15) is 8.78 Å². The van der Waals surface area contributed by atoms with E-state index < -0.39 is 0 Å². The minimum Gasteiger partial charge on any atom is -0.397 e. The Balaban J connectivity index is 2.37. The van der Waals surface area contributed by atoms with E-state index in [4.69, 9.17) is 5.73 Å². The minimum absolute atomic E-state index is 0.353. The summed E-state index contributed by atoms with van der Waals surface area (Å²) in [4.78, 5) is 0. The van der Waals surface area contributed by atoms with Crippen LogP contribution in [-0.4, -0.2) is 0 Å². The largest absolute Gasteiger partial charge is 0.397 e. The van der Waals surface area contributed by atoms with E-state index in [1.54, 1.807) is 6.07 Å². The van der Waals surface area contributed by atoms with Gasteiger partial charge in [0.05, 0.1) is 20.6 Å². The maximum Gasteiger partial charge on any atom is 0.138 e. The molecule has 0 amide bonds. The summed E-state index contributed by atoms with van der Waals surface area (Å²) in [5, 5.41) is 2.95. The highest BCUT2D eigenvalue weighted by Crippen LogP contribution is 2.31. The Morgan fingerprint density at radius 1 is 1.11 bits per heavy atom. The lowest BCUT2D eigenvalue weighted by atomic mass is 10.2. The first kappa shape index (κ1) is 13.5. The number of hydrogen-bond acceptors (Lipinski definition) is 2. The summed E-state index contributed by atoms with van der Waals surface area (Å²) in [6, 6.07) is 7.03. The van der Waals surface area contributed by atoms with Crippen molar-refractivity contribution < 1.29 is 8.78 Å². The zero-order valence-corrected chi connectivity index (χ0v) is 12.7. The van der Waals surface area contributed by atoms with Crippen LogP contribution in [0, 0.1) is 15.2 Å².